The molecule has 0 bridgehead atoms. The van der Waals surface area contributed by atoms with E-state index < -0.39 is 0 Å². The van der Waals surface area contributed by atoms with Crippen LogP contribution in [0, 0.1) is 5.92 Å². The normalized spacial score (nSPS) is 12.5. The Hall–Kier alpha value is -0.830. The highest BCUT2D eigenvalue weighted by Gasteiger charge is 2.07. The Balaban J connectivity index is 2.39. The van der Waals surface area contributed by atoms with Gasteiger partial charge in [0.2, 0.25) is 0 Å². The van der Waals surface area contributed by atoms with Crippen LogP contribution in [0.15, 0.2) is 29.4 Å². The van der Waals surface area contributed by atoms with Crippen LogP contribution in [0.4, 0.5) is 0 Å². The average molecular weight is 195 g/mol. The van der Waals surface area contributed by atoms with Gasteiger partial charge >= 0.3 is 0 Å². The van der Waals surface area contributed by atoms with E-state index in [9.17, 15) is 4.79 Å². The molecule has 70 valence electrons. The minimum atomic E-state index is 0.118. The number of nitrogens with zero attached hydrogens (tertiary/aromatic N) is 1. The van der Waals surface area contributed by atoms with Crippen LogP contribution in [0.3, 0.4) is 0 Å². The highest BCUT2D eigenvalue weighted by atomic mass is 32.2. The van der Waals surface area contributed by atoms with E-state index in [1.54, 1.807) is 24.9 Å². The maximum Gasteiger partial charge on any atom is 0.133 e. The zero-order chi connectivity index (χ0) is 9.68. The fraction of sp³-hybridized carbons (Fsp3) is 0.400. The molecule has 0 N–H and O–H groups in total. The SMILES string of the molecule is CC(=O)C(C)CSc1ccccn1. The van der Waals surface area contributed by atoms with Crippen LogP contribution < -0.4 is 0 Å². The van der Waals surface area contributed by atoms with Crippen LogP contribution >= 0.6 is 11.8 Å². The molecular formula is C10H13NOS. The van der Waals surface area contributed by atoms with Crippen LogP contribution in [0.1, 0.15) is 13.8 Å². The van der Waals surface area contributed by atoms with E-state index in [1.807, 2.05) is 25.1 Å². The van der Waals surface area contributed by atoms with Crippen LogP contribution in [0.5, 0.6) is 0 Å². The first-order chi connectivity index (χ1) is 6.20. The van der Waals surface area contributed by atoms with E-state index in [0.29, 0.717) is 0 Å². The smallest absolute Gasteiger partial charge is 0.133 e. The summed E-state index contributed by atoms with van der Waals surface area (Å²) in [6.07, 6.45) is 1.76. The third-order valence-corrected chi connectivity index (χ3v) is 3.02. The monoisotopic (exact) mass is 195 g/mol. The number of aromatic nitrogens is 1. The molecule has 0 amide bonds. The van der Waals surface area contributed by atoms with Gasteiger partial charge in [0.15, 0.2) is 0 Å². The Morgan fingerprint density at radius 3 is 2.92 bits per heavy atom. The molecule has 0 saturated heterocycles. The van der Waals surface area contributed by atoms with Crippen LogP contribution in [0.2, 0.25) is 0 Å². The molecule has 1 unspecified atom stereocenters. The summed E-state index contributed by atoms with van der Waals surface area (Å²) in [5.74, 6) is 1.17. The molecule has 1 heterocycles. The number of Topliss-reactive ketones (excluding diaryl/α,β-unsaturated/α-hetero) is 1. The minimum absolute atomic E-state index is 0.118. The third-order valence-electron chi connectivity index (χ3n) is 1.81. The highest BCUT2D eigenvalue weighted by molar-refractivity contribution is 7.99. The Kier molecular flexibility index (Phi) is 3.96. The lowest BCUT2D eigenvalue weighted by molar-refractivity contribution is -0.119. The zero-order valence-electron chi connectivity index (χ0n) is 7.86. The van der Waals surface area contributed by atoms with Gasteiger partial charge < -0.3 is 0 Å². The van der Waals surface area contributed by atoms with Crippen molar-refractivity contribution in [1.29, 1.82) is 0 Å². The first kappa shape index (κ1) is 10.3. The number of carbonyl (C=O) groups excluding carboxylic acids is 1. The van der Waals surface area contributed by atoms with Crippen molar-refractivity contribution in [3.05, 3.63) is 24.4 Å². The van der Waals surface area contributed by atoms with E-state index in [4.69, 9.17) is 0 Å². The number of ketones is 1. The molecule has 3 heteroatoms. The lowest BCUT2D eigenvalue weighted by atomic mass is 10.1. The average Bonchev–Trinajstić information content (AvgIpc) is 2.15. The summed E-state index contributed by atoms with van der Waals surface area (Å²) in [4.78, 5) is 15.1. The lowest BCUT2D eigenvalue weighted by Crippen LogP contribution is -2.08. The molecule has 0 saturated carbocycles. The van der Waals surface area contributed by atoms with Crippen molar-refractivity contribution in [3.8, 4) is 0 Å². The van der Waals surface area contributed by atoms with Crippen molar-refractivity contribution < 1.29 is 4.79 Å². The maximum absolute atomic E-state index is 10.9. The first-order valence-corrected chi connectivity index (χ1v) is 5.23. The van der Waals surface area contributed by atoms with E-state index in [0.717, 1.165) is 10.8 Å². The van der Waals surface area contributed by atoms with Gasteiger partial charge in [-0.1, -0.05) is 13.0 Å². The molecule has 0 radical (unpaired) electrons. The van der Waals surface area contributed by atoms with Crippen molar-refractivity contribution >= 4 is 17.5 Å². The van der Waals surface area contributed by atoms with E-state index in [2.05, 4.69) is 4.98 Å². The molecule has 13 heavy (non-hydrogen) atoms. The first-order valence-electron chi connectivity index (χ1n) is 4.24. The van der Waals surface area contributed by atoms with Gasteiger partial charge in [-0.05, 0) is 19.1 Å². The number of rotatable bonds is 4. The molecule has 0 aliphatic carbocycles. The van der Waals surface area contributed by atoms with E-state index in [1.165, 1.54) is 0 Å². The summed E-state index contributed by atoms with van der Waals surface area (Å²) in [5.41, 5.74) is 0. The fourth-order valence-electron chi connectivity index (χ4n) is 0.760. The summed E-state index contributed by atoms with van der Waals surface area (Å²) < 4.78 is 0. The molecule has 1 aromatic rings. The van der Waals surface area contributed by atoms with Gasteiger partial charge in [-0.2, -0.15) is 0 Å². The van der Waals surface area contributed by atoms with Gasteiger partial charge in [0.25, 0.3) is 0 Å². The summed E-state index contributed by atoms with van der Waals surface area (Å²) >= 11 is 1.62. The van der Waals surface area contributed by atoms with E-state index in [-0.39, 0.29) is 11.7 Å². The second kappa shape index (κ2) is 5.02. The quantitative estimate of drug-likeness (QED) is 0.691. The van der Waals surface area contributed by atoms with Gasteiger partial charge in [-0.25, -0.2) is 4.98 Å². The van der Waals surface area contributed by atoms with Crippen LogP contribution in [-0.2, 0) is 4.79 Å². The second-order valence-corrected chi connectivity index (χ2v) is 4.03. The number of carbonyl (C=O) groups is 1. The lowest BCUT2D eigenvalue weighted by Gasteiger charge is -2.05. The molecule has 0 aromatic carbocycles. The standard InChI is InChI=1S/C10H13NOS/c1-8(9(2)12)7-13-10-5-3-4-6-11-10/h3-6,8H,7H2,1-2H3. The summed E-state index contributed by atoms with van der Waals surface area (Å²) in [5, 5.41) is 0.982. The van der Waals surface area contributed by atoms with Crippen molar-refractivity contribution in [1.82, 2.24) is 4.98 Å². The van der Waals surface area contributed by atoms with Gasteiger partial charge in [0.05, 0.1) is 5.03 Å². The molecule has 1 rings (SSSR count). The Morgan fingerprint density at radius 2 is 2.38 bits per heavy atom. The van der Waals surface area contributed by atoms with Gasteiger partial charge in [0.1, 0.15) is 5.78 Å². The predicted octanol–water partition coefficient (Wildman–Crippen LogP) is 2.40. The molecule has 0 spiro atoms. The van der Waals surface area contributed by atoms with Crippen molar-refractivity contribution in [2.24, 2.45) is 5.92 Å². The zero-order valence-corrected chi connectivity index (χ0v) is 8.67. The largest absolute Gasteiger partial charge is 0.300 e. The third kappa shape index (κ3) is 3.59. The Labute approximate surface area is 82.8 Å². The molecule has 0 fully saturated rings. The summed E-state index contributed by atoms with van der Waals surface area (Å²) in [7, 11) is 0. The molecule has 0 aliphatic rings. The van der Waals surface area contributed by atoms with Crippen molar-refractivity contribution in [3.63, 3.8) is 0 Å². The molecule has 1 atom stereocenters. The topological polar surface area (TPSA) is 30.0 Å². The second-order valence-electron chi connectivity index (χ2n) is 2.99. The van der Waals surface area contributed by atoms with Gasteiger partial charge in [0, 0.05) is 17.9 Å². The molecule has 0 aliphatic heterocycles. The summed E-state index contributed by atoms with van der Waals surface area (Å²) in [6.45, 7) is 3.57. The molecule has 1 aromatic heterocycles. The summed E-state index contributed by atoms with van der Waals surface area (Å²) in [6, 6.07) is 5.80. The van der Waals surface area contributed by atoms with Gasteiger partial charge in [-0.15, -0.1) is 11.8 Å². The Bertz CT molecular complexity index is 274. The number of pyridine rings is 1. The van der Waals surface area contributed by atoms with Crippen molar-refractivity contribution in [2.75, 3.05) is 5.75 Å². The fourth-order valence-corrected chi connectivity index (χ4v) is 1.73. The number of hydrogen-bond acceptors (Lipinski definition) is 3. The van der Waals surface area contributed by atoms with E-state index >= 15 is 0 Å². The predicted molar refractivity (Wildman–Crippen MR) is 54.8 cm³/mol. The van der Waals surface area contributed by atoms with Crippen molar-refractivity contribution in [2.45, 2.75) is 18.9 Å². The number of thioether (sulfide) groups is 1. The highest BCUT2D eigenvalue weighted by Crippen LogP contribution is 2.17. The van der Waals surface area contributed by atoms with Gasteiger partial charge in [-0.3, -0.25) is 4.79 Å². The Morgan fingerprint density at radius 1 is 1.62 bits per heavy atom. The van der Waals surface area contributed by atoms with Crippen LogP contribution in [-0.4, -0.2) is 16.5 Å². The molecular weight excluding hydrogens is 182 g/mol. The van der Waals surface area contributed by atoms with Crippen LogP contribution in [0.25, 0.3) is 0 Å². The molecule has 2 nitrogen and oxygen atoms in total. The maximum atomic E-state index is 10.9. The number of hydrogen-bond donors (Lipinski definition) is 0. The minimum Gasteiger partial charge on any atom is -0.300 e.